The van der Waals surface area contributed by atoms with Crippen molar-refractivity contribution in [2.75, 3.05) is 26.2 Å². The Hall–Kier alpha value is -2.10. The third kappa shape index (κ3) is 5.27. The van der Waals surface area contributed by atoms with Crippen molar-refractivity contribution in [2.45, 2.75) is 31.6 Å². The fourth-order valence-corrected chi connectivity index (χ4v) is 5.35. The van der Waals surface area contributed by atoms with Gasteiger partial charge in [0.25, 0.3) is 0 Å². The first kappa shape index (κ1) is 23.1. The number of carbonyl (C=O) groups excluding carboxylic acids is 2. The third-order valence-electron chi connectivity index (χ3n) is 5.90. The van der Waals surface area contributed by atoms with Gasteiger partial charge < -0.3 is 10.2 Å². The Morgan fingerprint density at radius 2 is 1.88 bits per heavy atom. The van der Waals surface area contributed by atoms with Crippen LogP contribution >= 0.6 is 22.9 Å². The summed E-state index contributed by atoms with van der Waals surface area (Å²) in [4.78, 5) is 31.0. The van der Waals surface area contributed by atoms with Crippen molar-refractivity contribution in [1.82, 2.24) is 15.1 Å². The van der Waals surface area contributed by atoms with Crippen LogP contribution in [0.15, 0.2) is 36.4 Å². The zero-order valence-corrected chi connectivity index (χ0v) is 18.8. The molecular formula is C22H23ClF3N3O2S. The maximum atomic E-state index is 12.8. The molecule has 2 fully saturated rings. The highest BCUT2D eigenvalue weighted by atomic mass is 35.5. The number of nitrogens with one attached hydrogen (secondary N) is 1. The van der Waals surface area contributed by atoms with Crippen molar-refractivity contribution in [1.29, 1.82) is 0 Å². The summed E-state index contributed by atoms with van der Waals surface area (Å²) in [5.74, 6) is -2.22. The van der Waals surface area contributed by atoms with Gasteiger partial charge in [0.05, 0.1) is 0 Å². The van der Waals surface area contributed by atoms with Crippen molar-refractivity contribution in [2.24, 2.45) is 5.92 Å². The Balaban J connectivity index is 1.28. The molecule has 2 atom stereocenters. The summed E-state index contributed by atoms with van der Waals surface area (Å²) < 4.78 is 38.4. The van der Waals surface area contributed by atoms with Gasteiger partial charge in [-0.3, -0.25) is 14.5 Å². The van der Waals surface area contributed by atoms with E-state index in [-0.39, 0.29) is 18.7 Å². The number of halogens is 4. The molecule has 172 valence electrons. The summed E-state index contributed by atoms with van der Waals surface area (Å²) in [7, 11) is 0. The van der Waals surface area contributed by atoms with E-state index < -0.39 is 24.0 Å². The van der Waals surface area contributed by atoms with Gasteiger partial charge in [-0.15, -0.1) is 11.3 Å². The van der Waals surface area contributed by atoms with Crippen molar-refractivity contribution >= 4 is 34.8 Å². The lowest BCUT2D eigenvalue weighted by atomic mass is 9.92. The molecule has 2 aromatic rings. The number of hydrogen-bond donors (Lipinski definition) is 1. The van der Waals surface area contributed by atoms with E-state index in [0.717, 1.165) is 17.0 Å². The van der Waals surface area contributed by atoms with Crippen LogP contribution in [-0.2, 0) is 16.1 Å². The molecule has 0 bridgehead atoms. The minimum Gasteiger partial charge on any atom is -0.344 e. The van der Waals surface area contributed by atoms with Gasteiger partial charge in [-0.05, 0) is 42.7 Å². The van der Waals surface area contributed by atoms with Gasteiger partial charge in [0.1, 0.15) is 12.0 Å². The number of thiophene rings is 1. The first-order valence-electron chi connectivity index (χ1n) is 10.4. The van der Waals surface area contributed by atoms with Crippen LogP contribution in [0.1, 0.15) is 17.7 Å². The molecule has 0 spiro atoms. The van der Waals surface area contributed by atoms with Crippen molar-refractivity contribution in [3.05, 3.63) is 46.3 Å². The Morgan fingerprint density at radius 3 is 2.53 bits per heavy atom. The number of piperazine rings is 1. The average molecular weight is 486 g/mol. The van der Waals surface area contributed by atoms with Crippen LogP contribution in [0, 0.1) is 5.92 Å². The Bertz CT molecular complexity index is 989. The van der Waals surface area contributed by atoms with E-state index in [1.54, 1.807) is 16.2 Å². The largest absolute Gasteiger partial charge is 0.408 e. The second-order valence-electron chi connectivity index (χ2n) is 8.11. The number of hydrogen-bond acceptors (Lipinski definition) is 4. The minimum atomic E-state index is -4.48. The molecule has 5 nitrogen and oxygen atoms in total. The van der Waals surface area contributed by atoms with Gasteiger partial charge in [0.15, 0.2) is 0 Å². The maximum Gasteiger partial charge on any atom is 0.408 e. The van der Waals surface area contributed by atoms with Crippen molar-refractivity contribution in [3.63, 3.8) is 0 Å². The summed E-state index contributed by atoms with van der Waals surface area (Å²) in [5.41, 5.74) is 1.07. The number of carbonyl (C=O) groups is 2. The number of alkyl halides is 3. The predicted octanol–water partition coefficient (Wildman–Crippen LogP) is 4.17. The third-order valence-corrected chi connectivity index (χ3v) is 7.26. The molecule has 1 aromatic carbocycles. The molecule has 2 aliphatic rings. The van der Waals surface area contributed by atoms with Crippen LogP contribution < -0.4 is 5.32 Å². The van der Waals surface area contributed by atoms with Crippen LogP contribution in [0.25, 0.3) is 10.4 Å². The van der Waals surface area contributed by atoms with Crippen LogP contribution in [-0.4, -0.2) is 60.0 Å². The summed E-state index contributed by atoms with van der Waals surface area (Å²) in [6, 6.07) is 10.0. The number of nitrogens with zero attached hydrogens (tertiary/aromatic N) is 2. The highest BCUT2D eigenvalue weighted by Crippen LogP contribution is 2.31. The SMILES string of the molecule is O=C1NC(C(F)(F)F)CCC1C(=O)N1CCN(Cc2ccc(-c3cccc(Cl)c3)s2)CC1. The standard InChI is InChI=1S/C22H23ClF3N3O2S/c23-15-3-1-2-14(12-15)18-6-4-16(32-18)13-28-8-10-29(11-9-28)21(31)17-5-7-19(22(24,25)26)27-20(17)30/h1-4,6,12,17,19H,5,7-11,13H2,(H,27,30). The van der Waals surface area contributed by atoms with E-state index in [9.17, 15) is 22.8 Å². The van der Waals surface area contributed by atoms with Crippen LogP contribution in [0.2, 0.25) is 5.02 Å². The molecule has 2 unspecified atom stereocenters. The molecule has 0 radical (unpaired) electrons. The van der Waals surface area contributed by atoms with Gasteiger partial charge in [0, 0.05) is 47.5 Å². The summed E-state index contributed by atoms with van der Waals surface area (Å²) in [6.45, 7) is 2.96. The molecule has 4 rings (SSSR count). The van der Waals surface area contributed by atoms with Crippen LogP contribution in [0.4, 0.5) is 13.2 Å². The second kappa shape index (κ2) is 9.41. The van der Waals surface area contributed by atoms with Gasteiger partial charge in [-0.2, -0.15) is 13.2 Å². The molecule has 0 aliphatic carbocycles. The molecule has 1 N–H and O–H groups in total. The molecule has 1 aromatic heterocycles. The number of rotatable bonds is 4. The molecule has 10 heteroatoms. The molecule has 0 saturated carbocycles. The first-order chi connectivity index (χ1) is 15.2. The maximum absolute atomic E-state index is 12.8. The van der Waals surface area contributed by atoms with E-state index in [4.69, 9.17) is 11.6 Å². The quantitative estimate of drug-likeness (QED) is 0.661. The van der Waals surface area contributed by atoms with Crippen LogP contribution in [0.5, 0.6) is 0 Å². The van der Waals surface area contributed by atoms with Crippen LogP contribution in [0.3, 0.4) is 0 Å². The summed E-state index contributed by atoms with van der Waals surface area (Å²) in [5, 5.41) is 2.65. The fourth-order valence-electron chi connectivity index (χ4n) is 4.12. The lowest BCUT2D eigenvalue weighted by Crippen LogP contribution is -2.57. The predicted molar refractivity (Wildman–Crippen MR) is 117 cm³/mol. The summed E-state index contributed by atoms with van der Waals surface area (Å²) >= 11 is 7.77. The van der Waals surface area contributed by atoms with Gasteiger partial charge in [0.2, 0.25) is 11.8 Å². The van der Waals surface area contributed by atoms with E-state index in [0.29, 0.717) is 31.2 Å². The smallest absolute Gasteiger partial charge is 0.344 e. The van der Waals surface area contributed by atoms with Crippen molar-refractivity contribution < 1.29 is 22.8 Å². The van der Waals surface area contributed by atoms with Gasteiger partial charge in [-0.25, -0.2) is 0 Å². The highest BCUT2D eigenvalue weighted by Gasteiger charge is 2.46. The molecule has 2 saturated heterocycles. The normalized spacial score (nSPS) is 22.6. The molecule has 2 amide bonds. The number of benzene rings is 1. The highest BCUT2D eigenvalue weighted by molar-refractivity contribution is 7.15. The molecule has 3 heterocycles. The van der Waals surface area contributed by atoms with E-state index in [2.05, 4.69) is 17.0 Å². The van der Waals surface area contributed by atoms with Crippen molar-refractivity contribution in [3.8, 4) is 10.4 Å². The van der Waals surface area contributed by atoms with E-state index >= 15 is 0 Å². The van der Waals surface area contributed by atoms with E-state index in [1.165, 1.54) is 4.88 Å². The Labute approximate surface area is 193 Å². The Kier molecular flexibility index (Phi) is 6.78. The molecular weight excluding hydrogens is 463 g/mol. The zero-order valence-electron chi connectivity index (χ0n) is 17.2. The van der Waals surface area contributed by atoms with Gasteiger partial charge in [-0.1, -0.05) is 23.7 Å². The lowest BCUT2D eigenvalue weighted by molar-refractivity contribution is -0.172. The molecule has 32 heavy (non-hydrogen) atoms. The second-order valence-corrected chi connectivity index (χ2v) is 9.72. The minimum absolute atomic E-state index is 0.0729. The van der Waals surface area contributed by atoms with Gasteiger partial charge >= 0.3 is 6.18 Å². The zero-order chi connectivity index (χ0) is 22.9. The molecule has 2 aliphatic heterocycles. The number of amides is 2. The summed E-state index contributed by atoms with van der Waals surface area (Å²) in [6.07, 6.45) is -4.82. The lowest BCUT2D eigenvalue weighted by Gasteiger charge is -2.37. The number of piperidine rings is 1. The monoisotopic (exact) mass is 485 g/mol. The average Bonchev–Trinajstić information content (AvgIpc) is 3.22. The van der Waals surface area contributed by atoms with E-state index in [1.807, 2.05) is 29.6 Å². The Morgan fingerprint density at radius 1 is 1.12 bits per heavy atom. The fraction of sp³-hybridized carbons (Fsp3) is 0.455. The first-order valence-corrected chi connectivity index (χ1v) is 11.6. The topological polar surface area (TPSA) is 52.7 Å².